The van der Waals surface area contributed by atoms with Gasteiger partial charge in [-0.25, -0.2) is 0 Å². The van der Waals surface area contributed by atoms with Crippen LogP contribution in [0, 0.1) is 11.3 Å². The van der Waals surface area contributed by atoms with E-state index >= 15 is 0 Å². The Morgan fingerprint density at radius 3 is 2.43 bits per heavy atom. The minimum absolute atomic E-state index is 0.170. The van der Waals surface area contributed by atoms with Crippen LogP contribution in [0.2, 0.25) is 0 Å². The maximum absolute atomic E-state index is 10.1. The first-order valence-corrected chi connectivity index (χ1v) is 4.47. The first-order valence-electron chi connectivity index (χ1n) is 4.47. The van der Waals surface area contributed by atoms with E-state index in [0.29, 0.717) is 32.7 Å². The van der Waals surface area contributed by atoms with Crippen LogP contribution in [-0.4, -0.2) is 42.9 Å². The summed E-state index contributed by atoms with van der Waals surface area (Å²) in [5, 5.41) is 17.3. The van der Waals surface area contributed by atoms with Crippen molar-refractivity contribution in [2.45, 2.75) is 18.4 Å². The third-order valence-electron chi connectivity index (χ3n) is 2.00. The molecule has 0 unspecified atom stereocenters. The molecule has 1 atom stereocenters. The second kappa shape index (κ2) is 5.05. The highest BCUT2D eigenvalue weighted by atomic mass is 16.5. The van der Waals surface area contributed by atoms with Gasteiger partial charge in [0.15, 0.2) is 11.4 Å². The number of Topliss-reactive ketones (excluding diaryl/α,β-unsaturated/α-hetero) is 1. The predicted octanol–water partition coefficient (Wildman–Crippen LogP) is -0.363. The van der Waals surface area contributed by atoms with Crippen molar-refractivity contribution >= 4 is 5.78 Å². The zero-order valence-electron chi connectivity index (χ0n) is 7.86. The van der Waals surface area contributed by atoms with Gasteiger partial charge in [0, 0.05) is 12.8 Å². The summed E-state index contributed by atoms with van der Waals surface area (Å²) in [4.78, 5) is 10.1. The molecule has 5 nitrogen and oxygen atoms in total. The van der Waals surface area contributed by atoms with Crippen LogP contribution in [0.4, 0.5) is 0 Å². The van der Waals surface area contributed by atoms with Gasteiger partial charge in [0.2, 0.25) is 0 Å². The van der Waals surface area contributed by atoms with Gasteiger partial charge in [-0.2, -0.15) is 5.26 Å². The molecular formula is C9H13NO4. The standard InChI is InChI=1S/C5H7NO2.C4H6O2/c6-3-5(7)1-2-8-4-5;5-4-1-2-6-3-4/h7H,1-2,4H2;1-3H2/t5-;/m0./s1. The lowest BCUT2D eigenvalue weighted by Crippen LogP contribution is -2.25. The van der Waals surface area contributed by atoms with Gasteiger partial charge in [-0.05, 0) is 0 Å². The summed E-state index contributed by atoms with van der Waals surface area (Å²) in [6, 6.07) is 1.77. The number of ether oxygens (including phenoxy) is 2. The van der Waals surface area contributed by atoms with Gasteiger partial charge in [0.25, 0.3) is 0 Å². The fraction of sp³-hybridized carbons (Fsp3) is 0.778. The molecular weight excluding hydrogens is 186 g/mol. The summed E-state index contributed by atoms with van der Waals surface area (Å²) in [6.07, 6.45) is 1.07. The van der Waals surface area contributed by atoms with E-state index in [0.717, 1.165) is 0 Å². The van der Waals surface area contributed by atoms with Crippen LogP contribution in [0.3, 0.4) is 0 Å². The normalized spacial score (nSPS) is 30.7. The predicted molar refractivity (Wildman–Crippen MR) is 46.4 cm³/mol. The van der Waals surface area contributed by atoms with Crippen LogP contribution in [-0.2, 0) is 14.3 Å². The lowest BCUT2D eigenvalue weighted by atomic mass is 10.1. The molecule has 0 aliphatic carbocycles. The molecule has 0 aromatic rings. The number of nitriles is 1. The summed E-state index contributed by atoms with van der Waals surface area (Å²) < 4.78 is 9.49. The second-order valence-corrected chi connectivity index (χ2v) is 3.29. The van der Waals surface area contributed by atoms with Crippen molar-refractivity contribution in [2.75, 3.05) is 26.4 Å². The molecule has 0 amide bonds. The SMILES string of the molecule is N#C[C@@]1(O)CCOC1.O=C1CCOC1. The molecule has 2 aliphatic rings. The van der Waals surface area contributed by atoms with E-state index in [-0.39, 0.29) is 12.4 Å². The molecule has 0 aromatic heterocycles. The molecule has 5 heteroatoms. The Hall–Kier alpha value is -0.960. The third-order valence-corrected chi connectivity index (χ3v) is 2.00. The zero-order valence-corrected chi connectivity index (χ0v) is 7.86. The molecule has 0 bridgehead atoms. The van der Waals surface area contributed by atoms with E-state index < -0.39 is 5.60 Å². The zero-order chi connectivity index (χ0) is 10.4. The quantitative estimate of drug-likeness (QED) is 0.539. The Kier molecular flexibility index (Phi) is 4.01. The Balaban J connectivity index is 0.000000146. The minimum Gasteiger partial charge on any atom is -0.377 e. The maximum atomic E-state index is 10.1. The first kappa shape index (κ1) is 11.1. The lowest BCUT2D eigenvalue weighted by molar-refractivity contribution is -0.117. The fourth-order valence-corrected chi connectivity index (χ4v) is 1.09. The number of carbonyl (C=O) groups is 1. The van der Waals surface area contributed by atoms with Crippen LogP contribution in [0.5, 0.6) is 0 Å². The Bertz CT molecular complexity index is 232. The van der Waals surface area contributed by atoms with Gasteiger partial charge in [-0.3, -0.25) is 4.79 Å². The van der Waals surface area contributed by atoms with Crippen molar-refractivity contribution in [3.8, 4) is 6.07 Å². The number of aliphatic hydroxyl groups is 1. The van der Waals surface area contributed by atoms with E-state index in [1.54, 1.807) is 6.07 Å². The summed E-state index contributed by atoms with van der Waals surface area (Å²) in [7, 11) is 0. The monoisotopic (exact) mass is 199 g/mol. The van der Waals surface area contributed by atoms with Crippen LogP contribution in [0.1, 0.15) is 12.8 Å². The van der Waals surface area contributed by atoms with E-state index in [9.17, 15) is 4.79 Å². The molecule has 0 saturated carbocycles. The van der Waals surface area contributed by atoms with Gasteiger partial charge < -0.3 is 14.6 Å². The average molecular weight is 199 g/mol. The topological polar surface area (TPSA) is 79.5 Å². The van der Waals surface area contributed by atoms with Crippen molar-refractivity contribution in [1.29, 1.82) is 5.26 Å². The van der Waals surface area contributed by atoms with Gasteiger partial charge >= 0.3 is 0 Å². The van der Waals surface area contributed by atoms with E-state index in [2.05, 4.69) is 0 Å². The van der Waals surface area contributed by atoms with Crippen molar-refractivity contribution in [1.82, 2.24) is 0 Å². The molecule has 2 fully saturated rings. The smallest absolute Gasteiger partial charge is 0.176 e. The highest BCUT2D eigenvalue weighted by Crippen LogP contribution is 2.15. The number of rotatable bonds is 0. The van der Waals surface area contributed by atoms with E-state index in [1.165, 1.54) is 0 Å². The maximum Gasteiger partial charge on any atom is 0.176 e. The van der Waals surface area contributed by atoms with Gasteiger partial charge in [0.05, 0.1) is 25.9 Å². The average Bonchev–Trinajstić information content (AvgIpc) is 2.79. The summed E-state index contributed by atoms with van der Waals surface area (Å²) in [6.45, 7) is 1.66. The molecule has 2 aliphatic heterocycles. The van der Waals surface area contributed by atoms with Crippen LogP contribution >= 0.6 is 0 Å². The van der Waals surface area contributed by atoms with Crippen LogP contribution in [0.25, 0.3) is 0 Å². The second-order valence-electron chi connectivity index (χ2n) is 3.29. The Morgan fingerprint density at radius 2 is 2.21 bits per heavy atom. The number of nitrogens with zero attached hydrogens (tertiary/aromatic N) is 1. The van der Waals surface area contributed by atoms with Gasteiger partial charge in [-0.1, -0.05) is 0 Å². The molecule has 0 spiro atoms. The minimum atomic E-state index is -1.18. The summed E-state index contributed by atoms with van der Waals surface area (Å²) in [5.41, 5.74) is -1.18. The molecule has 14 heavy (non-hydrogen) atoms. The van der Waals surface area contributed by atoms with Gasteiger partial charge in [0.1, 0.15) is 6.61 Å². The molecule has 2 heterocycles. The molecule has 0 radical (unpaired) electrons. The molecule has 0 aromatic carbocycles. The molecule has 2 rings (SSSR count). The molecule has 2 saturated heterocycles. The van der Waals surface area contributed by atoms with Crippen molar-refractivity contribution in [3.63, 3.8) is 0 Å². The lowest BCUT2D eigenvalue weighted by Gasteiger charge is -2.06. The van der Waals surface area contributed by atoms with E-state index in [4.69, 9.17) is 19.8 Å². The highest BCUT2D eigenvalue weighted by Gasteiger charge is 2.31. The number of hydrogen-bond donors (Lipinski definition) is 1. The summed E-state index contributed by atoms with van der Waals surface area (Å²) in [5.74, 6) is 0.231. The Morgan fingerprint density at radius 1 is 1.43 bits per heavy atom. The van der Waals surface area contributed by atoms with Crippen molar-refractivity contribution < 1.29 is 19.4 Å². The number of ketones is 1. The third kappa shape index (κ3) is 3.42. The number of hydrogen-bond acceptors (Lipinski definition) is 5. The van der Waals surface area contributed by atoms with Crippen molar-refractivity contribution in [3.05, 3.63) is 0 Å². The van der Waals surface area contributed by atoms with Gasteiger partial charge in [-0.15, -0.1) is 0 Å². The van der Waals surface area contributed by atoms with Crippen molar-refractivity contribution in [2.24, 2.45) is 0 Å². The number of carbonyl (C=O) groups excluding carboxylic acids is 1. The van der Waals surface area contributed by atoms with Crippen LogP contribution in [0.15, 0.2) is 0 Å². The van der Waals surface area contributed by atoms with Crippen LogP contribution < -0.4 is 0 Å². The largest absolute Gasteiger partial charge is 0.377 e. The molecule has 1 N–H and O–H groups in total. The highest BCUT2D eigenvalue weighted by molar-refractivity contribution is 5.81. The first-order chi connectivity index (χ1) is 6.66. The fourth-order valence-electron chi connectivity index (χ4n) is 1.09. The molecule has 78 valence electrons. The summed E-state index contributed by atoms with van der Waals surface area (Å²) >= 11 is 0. The Labute approximate surface area is 82.2 Å². The van der Waals surface area contributed by atoms with E-state index in [1.807, 2.05) is 0 Å².